The van der Waals surface area contributed by atoms with Gasteiger partial charge >= 0.3 is 29.6 Å². The summed E-state index contributed by atoms with van der Waals surface area (Å²) < 4.78 is 0.937. The Morgan fingerprint density at radius 3 is 2.26 bits per heavy atom. The summed E-state index contributed by atoms with van der Waals surface area (Å²) in [6.45, 7) is 4.38. The van der Waals surface area contributed by atoms with Crippen molar-refractivity contribution in [3.05, 3.63) is 55.8 Å². The number of nitrogens with zero attached hydrogens (tertiary/aromatic N) is 1. The van der Waals surface area contributed by atoms with Crippen LogP contribution in [0.2, 0.25) is 0 Å². The second-order valence-corrected chi connectivity index (χ2v) is 11.0. The first kappa shape index (κ1) is 20.0. The van der Waals surface area contributed by atoms with Crippen molar-refractivity contribution in [1.29, 1.82) is 0 Å². The molecule has 0 radical (unpaired) electrons. The number of H-pyrrole nitrogens is 1. The zero-order valence-electron chi connectivity index (χ0n) is 14.9. The fourth-order valence-electron chi connectivity index (χ4n) is 3.93. The van der Waals surface area contributed by atoms with Crippen molar-refractivity contribution in [3.63, 3.8) is 0 Å². The summed E-state index contributed by atoms with van der Waals surface area (Å²) in [5, 5.41) is 14.0. The number of halogens is 2. The van der Waals surface area contributed by atoms with Crippen molar-refractivity contribution >= 4 is 57.9 Å². The number of thioether (sulfide) groups is 2. The maximum atomic E-state index is 12.3. The van der Waals surface area contributed by atoms with Gasteiger partial charge in [0, 0.05) is 5.56 Å². The van der Waals surface area contributed by atoms with Crippen LogP contribution in [0.5, 0.6) is 5.75 Å². The smallest absolute Gasteiger partial charge is 0.872 e. The van der Waals surface area contributed by atoms with E-state index in [9.17, 15) is 5.11 Å². The number of imidazole rings is 1. The molecule has 0 spiro atoms. The molecule has 1 aromatic heterocycles. The van der Waals surface area contributed by atoms with Crippen LogP contribution in [0.15, 0.2) is 45.1 Å². The number of hydrogen-bond acceptors (Lipinski definition) is 4. The molecule has 8 heteroatoms. The van der Waals surface area contributed by atoms with Gasteiger partial charge in [0.05, 0.1) is 28.9 Å². The first-order chi connectivity index (χ1) is 12.3. The number of aromatic nitrogens is 2. The molecule has 2 unspecified atom stereocenters. The third-order valence-electron chi connectivity index (χ3n) is 5.43. The molecule has 0 fully saturated rings. The maximum Gasteiger partial charge on any atom is 1.00 e. The average Bonchev–Trinajstić information content (AvgIpc) is 3.22. The first-order valence-electron chi connectivity index (χ1n) is 8.08. The van der Waals surface area contributed by atoms with Gasteiger partial charge in [-0.05, 0) is 37.1 Å². The van der Waals surface area contributed by atoms with Gasteiger partial charge in [0.25, 0.3) is 0 Å². The van der Waals surface area contributed by atoms with Crippen LogP contribution in [0, 0.1) is 0 Å². The molecule has 0 bridgehead atoms. The molecule has 3 nitrogen and oxygen atoms in total. The number of nitrogens with one attached hydrogen (secondary N) is 1. The minimum Gasteiger partial charge on any atom is -0.872 e. The molecule has 3 aliphatic rings. The van der Waals surface area contributed by atoms with E-state index in [-0.39, 0.29) is 44.8 Å². The Balaban J connectivity index is 0.00000180. The molecule has 5 rings (SSSR count). The standard InChI is InChI=1S/C19H14Cl2N2OS2.Na/c1-18-10(7-13(20)25-18)15-16(11-8-14(21)26-19(11,18)2)23-17(22-15)9-5-3-4-6-12(9)24;/h3-8,24H,1-2H3,(H,22,23);/q;+1/p-1. The topological polar surface area (TPSA) is 51.7 Å². The van der Waals surface area contributed by atoms with Crippen molar-refractivity contribution in [1.82, 2.24) is 9.97 Å². The largest absolute Gasteiger partial charge is 1.00 e. The van der Waals surface area contributed by atoms with Crippen molar-refractivity contribution in [2.45, 2.75) is 23.3 Å². The number of aromatic amines is 1. The van der Waals surface area contributed by atoms with E-state index in [2.05, 4.69) is 18.8 Å². The van der Waals surface area contributed by atoms with E-state index in [1.54, 1.807) is 41.7 Å². The molecular weight excluding hydrogens is 430 g/mol. The summed E-state index contributed by atoms with van der Waals surface area (Å²) in [6.07, 6.45) is 4.00. The van der Waals surface area contributed by atoms with Crippen LogP contribution in [0.3, 0.4) is 0 Å². The van der Waals surface area contributed by atoms with Crippen LogP contribution in [0.1, 0.15) is 13.8 Å². The van der Waals surface area contributed by atoms with Gasteiger partial charge in [0.2, 0.25) is 0 Å². The number of allylic oxidation sites excluding steroid dienone is 2. The Labute approximate surface area is 197 Å². The minimum absolute atomic E-state index is 0. The third kappa shape index (κ3) is 2.67. The second kappa shape index (κ2) is 6.63. The summed E-state index contributed by atoms with van der Waals surface area (Å²) in [7, 11) is 0. The molecule has 27 heavy (non-hydrogen) atoms. The predicted octanol–water partition coefficient (Wildman–Crippen LogP) is 0.641. The van der Waals surface area contributed by atoms with Gasteiger partial charge in [0.1, 0.15) is 5.82 Å². The van der Waals surface area contributed by atoms with Gasteiger partial charge in [-0.1, -0.05) is 53.2 Å². The molecule has 2 aromatic rings. The monoisotopic (exact) mass is 442 g/mol. The van der Waals surface area contributed by atoms with Crippen LogP contribution in [-0.4, -0.2) is 19.5 Å². The Hall–Kier alpha value is -0.270. The average molecular weight is 443 g/mol. The SMILES string of the molecule is CC12SC(Cl)=CC1=c1nc(-c3ccccc3[O-])[nH]c1=C1C=C(Cl)SC12C.[Na+]. The van der Waals surface area contributed by atoms with Crippen LogP contribution in [0.25, 0.3) is 22.5 Å². The number of para-hydroxylation sites is 1. The van der Waals surface area contributed by atoms with E-state index >= 15 is 0 Å². The maximum absolute atomic E-state index is 12.3. The van der Waals surface area contributed by atoms with Gasteiger partial charge in [-0.2, -0.15) is 0 Å². The fraction of sp³-hybridized carbons (Fsp3) is 0.211. The molecule has 1 N–H and O–H groups in total. The normalized spacial score (nSPS) is 28.1. The molecule has 0 amide bonds. The molecule has 0 saturated heterocycles. The molecule has 132 valence electrons. The van der Waals surface area contributed by atoms with Gasteiger partial charge in [-0.15, -0.1) is 23.5 Å². The second-order valence-electron chi connectivity index (χ2n) is 6.80. The van der Waals surface area contributed by atoms with E-state index in [1.165, 1.54) is 0 Å². The summed E-state index contributed by atoms with van der Waals surface area (Å²) in [6, 6.07) is 6.92. The van der Waals surface area contributed by atoms with Gasteiger partial charge in [0.15, 0.2) is 0 Å². The van der Waals surface area contributed by atoms with Gasteiger partial charge < -0.3 is 10.1 Å². The van der Waals surface area contributed by atoms with Crippen LogP contribution >= 0.6 is 46.7 Å². The zero-order chi connectivity index (χ0) is 18.3. The minimum atomic E-state index is -0.284. The molecule has 1 aliphatic carbocycles. The van der Waals surface area contributed by atoms with Crippen molar-refractivity contribution in [2.24, 2.45) is 0 Å². The Morgan fingerprint density at radius 2 is 1.59 bits per heavy atom. The van der Waals surface area contributed by atoms with E-state index in [0.717, 1.165) is 30.6 Å². The Bertz CT molecular complexity index is 1110. The van der Waals surface area contributed by atoms with E-state index < -0.39 is 0 Å². The Kier molecular flexibility index (Phi) is 4.91. The number of rotatable bonds is 1. The van der Waals surface area contributed by atoms with Gasteiger partial charge in [-0.25, -0.2) is 4.98 Å². The van der Waals surface area contributed by atoms with E-state index in [4.69, 9.17) is 28.2 Å². The summed E-state index contributed by atoms with van der Waals surface area (Å²) >= 11 is 16.1. The number of fused-ring (bicyclic) bond motifs is 4. The molecule has 3 heterocycles. The van der Waals surface area contributed by atoms with Crippen molar-refractivity contribution < 1.29 is 34.7 Å². The Morgan fingerprint density at radius 1 is 1.00 bits per heavy atom. The first-order valence-corrected chi connectivity index (χ1v) is 10.5. The predicted molar refractivity (Wildman–Crippen MR) is 109 cm³/mol. The van der Waals surface area contributed by atoms with Crippen LogP contribution in [-0.2, 0) is 0 Å². The quantitative estimate of drug-likeness (QED) is 0.658. The molecular formula is C19H13Cl2N2NaOS2. The number of benzene rings is 1. The zero-order valence-corrected chi connectivity index (χ0v) is 20.0. The summed E-state index contributed by atoms with van der Waals surface area (Å²) in [4.78, 5) is 8.19. The van der Waals surface area contributed by atoms with Crippen molar-refractivity contribution in [2.75, 3.05) is 0 Å². The van der Waals surface area contributed by atoms with E-state index in [0.29, 0.717) is 11.4 Å². The fourth-order valence-corrected chi connectivity index (χ4v) is 7.60. The van der Waals surface area contributed by atoms with Crippen LogP contribution in [0.4, 0.5) is 0 Å². The van der Waals surface area contributed by atoms with Gasteiger partial charge in [-0.3, -0.25) is 0 Å². The third-order valence-corrected chi connectivity index (χ3v) is 8.94. The van der Waals surface area contributed by atoms with Crippen LogP contribution < -0.4 is 45.4 Å². The number of hydrogen-bond donors (Lipinski definition) is 1. The van der Waals surface area contributed by atoms with E-state index in [1.807, 2.05) is 18.2 Å². The summed E-state index contributed by atoms with van der Waals surface area (Å²) in [5.74, 6) is 0.526. The van der Waals surface area contributed by atoms with Crippen molar-refractivity contribution in [3.8, 4) is 17.1 Å². The molecule has 2 atom stereocenters. The molecule has 0 saturated carbocycles. The molecule has 2 aliphatic heterocycles. The summed E-state index contributed by atoms with van der Waals surface area (Å²) in [5.41, 5.74) is 2.74. The molecule has 1 aromatic carbocycles.